The first kappa shape index (κ1) is 17.5. The van der Waals surface area contributed by atoms with E-state index in [9.17, 15) is 14.4 Å². The van der Waals surface area contributed by atoms with Gasteiger partial charge in [0, 0.05) is 30.8 Å². The van der Waals surface area contributed by atoms with Crippen molar-refractivity contribution in [3.05, 3.63) is 47.9 Å². The Hall–Kier alpha value is -2.89. The van der Waals surface area contributed by atoms with Crippen molar-refractivity contribution in [1.82, 2.24) is 0 Å². The van der Waals surface area contributed by atoms with E-state index in [-0.39, 0.29) is 17.9 Å². The Morgan fingerprint density at radius 2 is 1.88 bits per heavy atom. The Bertz CT molecular complexity index is 715. The summed E-state index contributed by atoms with van der Waals surface area (Å²) in [6.45, 7) is 3.48. The van der Waals surface area contributed by atoms with Crippen LogP contribution in [0.1, 0.15) is 26.7 Å². The third-order valence-electron chi connectivity index (χ3n) is 3.53. The van der Waals surface area contributed by atoms with Crippen molar-refractivity contribution in [3.63, 3.8) is 0 Å². The minimum Gasteiger partial charge on any atom is -0.497 e. The maximum Gasteiger partial charge on any atom is 0.348 e. The largest absolute Gasteiger partial charge is 0.497 e. The first-order valence-electron chi connectivity index (χ1n) is 7.65. The van der Waals surface area contributed by atoms with Crippen LogP contribution in [0.15, 0.2) is 47.9 Å². The molecule has 126 valence electrons. The molecule has 1 aliphatic rings. The van der Waals surface area contributed by atoms with Gasteiger partial charge in [0.15, 0.2) is 5.78 Å². The molecule has 0 aliphatic carbocycles. The molecular weight excluding hydrogens is 310 g/mol. The molecule has 1 aromatic rings. The molecule has 0 spiro atoms. The fourth-order valence-corrected chi connectivity index (χ4v) is 2.15. The lowest BCUT2D eigenvalue weighted by molar-refractivity contribution is -0.137. The number of anilines is 1. The zero-order chi connectivity index (χ0) is 17.7. The number of ether oxygens (including phenoxy) is 2. The minimum absolute atomic E-state index is 0.176. The molecule has 0 saturated heterocycles. The molecule has 1 aromatic carbocycles. The van der Waals surface area contributed by atoms with Crippen LogP contribution in [0.4, 0.5) is 5.69 Å². The number of carbonyl (C=O) groups excluding carboxylic acids is 3. The summed E-state index contributed by atoms with van der Waals surface area (Å²) in [4.78, 5) is 37.7. The number of hydrogen-bond acceptors (Lipinski definition) is 5. The van der Waals surface area contributed by atoms with E-state index in [2.05, 4.69) is 0 Å². The molecule has 0 saturated carbocycles. The quantitative estimate of drug-likeness (QED) is 0.472. The highest BCUT2D eigenvalue weighted by atomic mass is 16.5. The zero-order valence-corrected chi connectivity index (χ0v) is 13.9. The maximum absolute atomic E-state index is 12.2. The minimum atomic E-state index is -0.748. The Kier molecular flexibility index (Phi) is 5.52. The van der Waals surface area contributed by atoms with Crippen molar-refractivity contribution >= 4 is 23.3 Å². The number of methoxy groups -OCH3 is 1. The average Bonchev–Trinajstić information content (AvgIpc) is 2.60. The van der Waals surface area contributed by atoms with Gasteiger partial charge >= 0.3 is 5.97 Å². The van der Waals surface area contributed by atoms with Crippen LogP contribution >= 0.6 is 0 Å². The number of cyclic esters (lactones) is 1. The molecule has 24 heavy (non-hydrogen) atoms. The van der Waals surface area contributed by atoms with Crippen molar-refractivity contribution < 1.29 is 23.9 Å². The second kappa shape index (κ2) is 7.59. The molecule has 0 atom stereocenters. The molecule has 0 bridgehead atoms. The highest BCUT2D eigenvalue weighted by Gasteiger charge is 2.27. The predicted octanol–water partition coefficient (Wildman–Crippen LogP) is 2.74. The summed E-state index contributed by atoms with van der Waals surface area (Å²) in [5.41, 5.74) is 0.353. The molecule has 2 rings (SSSR count). The lowest BCUT2D eigenvalue weighted by atomic mass is 10.1. The Morgan fingerprint density at radius 1 is 1.21 bits per heavy atom. The Labute approximate surface area is 140 Å². The van der Waals surface area contributed by atoms with Crippen molar-refractivity contribution in [2.75, 3.05) is 12.0 Å². The molecule has 0 aromatic heterocycles. The van der Waals surface area contributed by atoms with Gasteiger partial charge in [-0.05, 0) is 24.3 Å². The molecule has 6 heteroatoms. The zero-order valence-electron chi connectivity index (χ0n) is 13.9. The van der Waals surface area contributed by atoms with Gasteiger partial charge in [-0.1, -0.05) is 13.8 Å². The summed E-state index contributed by atoms with van der Waals surface area (Å²) in [5.74, 6) is -0.509. The van der Waals surface area contributed by atoms with Crippen molar-refractivity contribution in [3.8, 4) is 5.75 Å². The summed E-state index contributed by atoms with van der Waals surface area (Å²) < 4.78 is 10.2. The molecule has 1 aliphatic heterocycles. The van der Waals surface area contributed by atoms with Crippen molar-refractivity contribution in [2.45, 2.75) is 26.7 Å². The molecule has 0 fully saturated rings. The molecule has 0 unspecified atom stereocenters. The molecule has 1 heterocycles. The van der Waals surface area contributed by atoms with Crippen LogP contribution in [-0.2, 0) is 19.1 Å². The predicted molar refractivity (Wildman–Crippen MR) is 88.3 cm³/mol. The molecule has 1 amide bonds. The van der Waals surface area contributed by atoms with Crippen molar-refractivity contribution in [2.24, 2.45) is 0 Å². The first-order chi connectivity index (χ1) is 11.5. The van der Waals surface area contributed by atoms with Crippen LogP contribution in [0, 0.1) is 0 Å². The lowest BCUT2D eigenvalue weighted by Gasteiger charge is -2.21. The van der Waals surface area contributed by atoms with E-state index in [1.165, 1.54) is 17.2 Å². The molecule has 0 radical (unpaired) electrons. The van der Waals surface area contributed by atoms with Crippen molar-refractivity contribution in [1.29, 1.82) is 0 Å². The standard InChI is InChI=1S/C18H19NO5/c1-4-13-10-16(20)15(18(22)24-13)11-19(17(21)5-2)12-6-8-14(23-3)9-7-12/h6-11H,4-5H2,1-3H3. The van der Waals surface area contributed by atoms with E-state index in [1.54, 1.807) is 45.2 Å². The van der Waals surface area contributed by atoms with E-state index in [4.69, 9.17) is 9.47 Å². The fraction of sp³-hybridized carbons (Fsp3) is 0.278. The van der Waals surface area contributed by atoms with Gasteiger partial charge < -0.3 is 9.47 Å². The summed E-state index contributed by atoms with van der Waals surface area (Å²) in [6, 6.07) is 6.74. The Morgan fingerprint density at radius 3 is 2.38 bits per heavy atom. The third-order valence-corrected chi connectivity index (χ3v) is 3.53. The third kappa shape index (κ3) is 3.71. The van der Waals surface area contributed by atoms with Gasteiger partial charge in [-0.3, -0.25) is 14.5 Å². The van der Waals surface area contributed by atoms with Gasteiger partial charge in [0.25, 0.3) is 0 Å². The number of ketones is 1. The number of esters is 1. The second-order valence-electron chi connectivity index (χ2n) is 5.08. The van der Waals surface area contributed by atoms with E-state index in [0.717, 1.165) is 0 Å². The van der Waals surface area contributed by atoms with Gasteiger partial charge in [0.1, 0.15) is 17.1 Å². The Balaban J connectivity index is 2.41. The van der Waals surface area contributed by atoms with Crippen LogP contribution in [0.2, 0.25) is 0 Å². The monoisotopic (exact) mass is 329 g/mol. The van der Waals surface area contributed by atoms with Gasteiger partial charge in [-0.2, -0.15) is 0 Å². The molecule has 6 nitrogen and oxygen atoms in total. The first-order valence-corrected chi connectivity index (χ1v) is 7.65. The fourth-order valence-electron chi connectivity index (χ4n) is 2.15. The smallest absolute Gasteiger partial charge is 0.348 e. The van der Waals surface area contributed by atoms with E-state index in [0.29, 0.717) is 23.6 Å². The summed E-state index contributed by atoms with van der Waals surface area (Å²) in [5, 5.41) is 0. The molecule has 0 N–H and O–H groups in total. The van der Waals surface area contributed by atoms with Gasteiger partial charge in [0.2, 0.25) is 5.91 Å². The number of amides is 1. The van der Waals surface area contributed by atoms with E-state index in [1.807, 2.05) is 0 Å². The summed E-state index contributed by atoms with van der Waals surface area (Å²) in [6.07, 6.45) is 3.17. The highest BCUT2D eigenvalue weighted by Crippen LogP contribution is 2.23. The summed E-state index contributed by atoms with van der Waals surface area (Å²) in [7, 11) is 1.54. The van der Waals surface area contributed by atoms with E-state index < -0.39 is 11.8 Å². The number of nitrogens with zero attached hydrogens (tertiary/aromatic N) is 1. The number of benzene rings is 1. The average molecular weight is 329 g/mol. The van der Waals surface area contributed by atoms with Crippen LogP contribution < -0.4 is 9.64 Å². The SMILES string of the molecule is CCC(=O)N(C=C1C(=O)C=C(CC)OC1=O)c1ccc(OC)cc1. The van der Waals surface area contributed by atoms with E-state index >= 15 is 0 Å². The molecular formula is C18H19NO5. The second-order valence-corrected chi connectivity index (χ2v) is 5.08. The maximum atomic E-state index is 12.2. The number of rotatable bonds is 5. The van der Waals surface area contributed by atoms with Gasteiger partial charge in [-0.25, -0.2) is 4.79 Å². The lowest BCUT2D eigenvalue weighted by Crippen LogP contribution is -2.29. The van der Waals surface area contributed by atoms with Crippen LogP contribution in [0.5, 0.6) is 5.75 Å². The van der Waals surface area contributed by atoms with Gasteiger partial charge in [0.05, 0.1) is 7.11 Å². The highest BCUT2D eigenvalue weighted by molar-refractivity contribution is 6.24. The van der Waals surface area contributed by atoms with Crippen LogP contribution in [0.3, 0.4) is 0 Å². The normalized spacial score (nSPS) is 15.8. The van der Waals surface area contributed by atoms with Crippen LogP contribution in [0.25, 0.3) is 0 Å². The summed E-state index contributed by atoms with van der Waals surface area (Å²) >= 11 is 0. The van der Waals surface area contributed by atoms with Crippen LogP contribution in [-0.4, -0.2) is 24.8 Å². The topological polar surface area (TPSA) is 72.9 Å². The number of carbonyl (C=O) groups is 3. The van der Waals surface area contributed by atoms with Gasteiger partial charge in [-0.15, -0.1) is 0 Å². The number of hydrogen-bond donors (Lipinski definition) is 0. The number of allylic oxidation sites excluding steroid dienone is 2.